The number of hydrogen-bond donors (Lipinski definition) is 17. The van der Waals surface area contributed by atoms with Crippen LogP contribution in [0.5, 0.6) is 0 Å². The fraction of sp³-hybridized carbons (Fsp3) is 0.795. The van der Waals surface area contributed by atoms with Gasteiger partial charge < -0.3 is 79.8 Å². The molecule has 1 aliphatic rings. The van der Waals surface area contributed by atoms with E-state index >= 15 is 0 Å². The van der Waals surface area contributed by atoms with Crippen molar-refractivity contribution >= 4 is 62.0 Å². The molecule has 33 nitrogen and oxygen atoms in total. The molecule has 19 N–H and O–H groups in total. The zero-order chi connectivity index (χ0) is 94.0. The number of nitrogens with zero attached hydrogens (tertiary/aromatic N) is 8. The van der Waals surface area contributed by atoms with Crippen LogP contribution in [-0.2, 0) is 10.0 Å². The summed E-state index contributed by atoms with van der Waals surface area (Å²) >= 11 is 0. The van der Waals surface area contributed by atoms with Gasteiger partial charge in [-0.3, -0.25) is 59.7 Å². The molecule has 34 heteroatoms. The maximum absolute atomic E-state index is 11.5. The van der Waals surface area contributed by atoms with Gasteiger partial charge in [0, 0.05) is 124 Å². The first-order chi connectivity index (χ1) is 56.6. The highest BCUT2D eigenvalue weighted by atomic mass is 32.2. The molecule has 3 aromatic carbocycles. The second-order valence-corrected chi connectivity index (χ2v) is 41.7. The van der Waals surface area contributed by atoms with E-state index in [0.717, 1.165) is 175 Å². The topological polar surface area (TPSA) is 484 Å². The van der Waals surface area contributed by atoms with Crippen molar-refractivity contribution in [1.82, 2.24) is 57.1 Å². The van der Waals surface area contributed by atoms with Gasteiger partial charge >= 0.3 is 0 Å². The van der Waals surface area contributed by atoms with Gasteiger partial charge in [0.05, 0.1) is 5.25 Å². The van der Waals surface area contributed by atoms with Crippen molar-refractivity contribution in [2.24, 2.45) is 64.3 Å². The van der Waals surface area contributed by atoms with Gasteiger partial charge in [-0.15, -0.1) is 0 Å². The molecule has 0 amide bonds. The van der Waals surface area contributed by atoms with E-state index in [-0.39, 0.29) is 10.7 Å². The number of rotatable bonds is 45. The van der Waals surface area contributed by atoms with Gasteiger partial charge in [-0.1, -0.05) is 145 Å². The van der Waals surface area contributed by atoms with E-state index in [1.54, 1.807) is 0 Å². The standard InChI is InChI=1S/C15H27N3O2.C14H25N3O2.C13H27N5.C13H23N3O2.C12H25N5.C11H23N5.C10H21NO2S/c1-15(2,3)7-6-8-16-11-12(14(20)13(11)19)17-9-10-18(4)5;1-14(2,3)6-5-7-16-10-11(13(19)12(10)18)17-9-8-15-4;1-13(2,3)7-6-8-15-12(17-11-14)16-9-10-18(4)5;1-13(2,3)5-4-7-15-9-10(16-8-6-14)12(18)11(9)17;1-12(2,3)6-5-7-15-11(17-10-13)16-9-8-14-4;1-11(2,3)5-4-7-14-10(16-9-13)15-8-6-12;1-10(2,3)7-4-8-11-14(12,13)9-5-6-9/h16-17H,6-10H2,1-5H3;15-17H,5-9H2,1-4H3;6-10H2,1-5H3,(H2,15,16,17);15-16H,4-8,14H2,1-3H3;14H,5-9H2,1-4H3,(H2,15,16,17);4-8,12H2,1-3H3,(H2,14,15,16);9,11H,4-8H2,1-3H3. The first kappa shape index (κ1) is 118. The maximum atomic E-state index is 11.5. The predicted octanol–water partition coefficient (Wildman–Crippen LogP) is 8.66. The van der Waals surface area contributed by atoms with E-state index in [2.05, 4.69) is 244 Å². The number of hydrogen-bond acceptors (Lipinski definition) is 26. The highest BCUT2D eigenvalue weighted by Gasteiger charge is 2.35. The number of guanidine groups is 3. The molecule has 0 spiro atoms. The van der Waals surface area contributed by atoms with Gasteiger partial charge in [-0.05, 0) is 183 Å². The third-order valence-electron chi connectivity index (χ3n) is 17.8. The molecule has 0 aromatic heterocycles. The number of nitrogens with one attached hydrogen (secondary N) is 15. The van der Waals surface area contributed by atoms with Crippen molar-refractivity contribution in [2.45, 2.75) is 253 Å². The van der Waals surface area contributed by atoms with E-state index in [4.69, 9.17) is 27.3 Å². The summed E-state index contributed by atoms with van der Waals surface area (Å²) in [6.07, 6.45) is 22.0. The second-order valence-electron chi connectivity index (χ2n) is 39.6. The third-order valence-corrected chi connectivity index (χ3v) is 19.8. The van der Waals surface area contributed by atoms with Crippen molar-refractivity contribution in [2.75, 3.05) is 199 Å². The Morgan fingerprint density at radius 2 is 0.598 bits per heavy atom. The Morgan fingerprint density at radius 3 is 0.869 bits per heavy atom. The van der Waals surface area contributed by atoms with Crippen LogP contribution in [0.15, 0.2) is 43.7 Å². The third kappa shape index (κ3) is 65.6. The average molecular weight is 1740 g/mol. The Kier molecular flexibility index (Phi) is 61.0. The van der Waals surface area contributed by atoms with E-state index < -0.39 is 42.6 Å². The molecular weight excluding hydrogens is 1570 g/mol. The lowest BCUT2D eigenvalue weighted by Crippen LogP contribution is -2.38. The van der Waals surface area contributed by atoms with Crippen LogP contribution in [0.1, 0.15) is 248 Å². The summed E-state index contributed by atoms with van der Waals surface area (Å²) in [6.45, 7) is 59.3. The molecule has 4 rings (SSSR count). The van der Waals surface area contributed by atoms with E-state index in [1.165, 1.54) is 0 Å². The Labute approximate surface area is 735 Å². The lowest BCUT2D eigenvalue weighted by molar-refractivity contribution is 0.365. The van der Waals surface area contributed by atoms with Gasteiger partial charge in [0.15, 0.2) is 18.6 Å². The van der Waals surface area contributed by atoms with Crippen LogP contribution in [0.3, 0.4) is 0 Å². The second kappa shape index (κ2) is 63.0. The number of sulfonamides is 1. The van der Waals surface area contributed by atoms with Crippen LogP contribution in [-0.4, -0.2) is 208 Å². The molecule has 0 unspecified atom stereocenters. The fourth-order valence-electron chi connectivity index (χ4n) is 10.8. The fourth-order valence-corrected chi connectivity index (χ4v) is 12.2. The zero-order valence-electron chi connectivity index (χ0n) is 80.7. The average Bonchev–Trinajstić information content (AvgIpc) is 1.77. The van der Waals surface area contributed by atoms with Gasteiger partial charge in [-0.2, -0.15) is 15.8 Å². The summed E-state index contributed by atoms with van der Waals surface area (Å²) in [4.78, 5) is 85.7. The van der Waals surface area contributed by atoms with E-state index in [0.29, 0.717) is 137 Å². The summed E-state index contributed by atoms with van der Waals surface area (Å²) in [7, 11) is 8.74. The molecule has 1 saturated carbocycles. The molecule has 0 heterocycles. The number of nitrogens with two attached hydrogens (primary N) is 2. The maximum Gasteiger partial charge on any atom is 0.253 e. The summed E-state index contributed by atoms with van der Waals surface area (Å²) < 4.78 is 25.5. The molecule has 0 bridgehead atoms. The van der Waals surface area contributed by atoms with Crippen molar-refractivity contribution in [1.29, 1.82) is 15.8 Å². The highest BCUT2D eigenvalue weighted by molar-refractivity contribution is 7.90. The quantitative estimate of drug-likeness (QED) is 0.00628. The largest absolute Gasteiger partial charge is 0.380 e. The summed E-state index contributed by atoms with van der Waals surface area (Å²) in [5.74, 6) is 1.66. The van der Waals surface area contributed by atoms with Crippen LogP contribution in [0.4, 0.5) is 34.1 Å². The van der Waals surface area contributed by atoms with Gasteiger partial charge in [0.1, 0.15) is 34.1 Å². The molecule has 702 valence electrons. The zero-order valence-corrected chi connectivity index (χ0v) is 81.5. The number of likely N-dealkylation sites (N-methyl/N-ethyl adjacent to an activating group) is 4. The Balaban J connectivity index is -0.00000136. The predicted molar refractivity (Wildman–Crippen MR) is 516 cm³/mol. The van der Waals surface area contributed by atoms with Crippen molar-refractivity contribution in [3.8, 4) is 18.6 Å². The van der Waals surface area contributed by atoms with E-state index in [1.807, 2.05) is 65.8 Å². The van der Waals surface area contributed by atoms with Gasteiger partial charge in [0.25, 0.3) is 32.6 Å². The summed E-state index contributed by atoms with van der Waals surface area (Å²) in [6, 6.07) is 0. The molecule has 0 aliphatic heterocycles. The SMILES string of the molecule is CC(C)(C)CCCN=C(NC#N)NCCN.CC(C)(C)CCCNS(=O)(=O)C1CC1.CC(C)(C)CCCNc1c(NCCN)c(=O)c1=O.CN(C)CCNC(=NCCCC(C)(C)C)NC#N.CN(C)CCNc1c(NCCCC(C)(C)C)c(=O)c1=O.CNCCNC(=NCCCC(C)(C)C)NC#N.CNCCNc1c(NCCCC(C)(C)C)c(=O)c1=O. The molecule has 0 radical (unpaired) electrons. The molecule has 1 aliphatic carbocycles. The lowest BCUT2D eigenvalue weighted by atomic mass is 9.90. The highest BCUT2D eigenvalue weighted by Crippen LogP contribution is 2.29. The van der Waals surface area contributed by atoms with Crippen LogP contribution in [0.25, 0.3) is 0 Å². The van der Waals surface area contributed by atoms with Crippen molar-refractivity contribution in [3.05, 3.63) is 61.3 Å². The first-order valence-electron chi connectivity index (χ1n) is 43.8. The van der Waals surface area contributed by atoms with Crippen LogP contribution >= 0.6 is 0 Å². The minimum atomic E-state index is -2.95. The van der Waals surface area contributed by atoms with Crippen LogP contribution < -0.4 is 123 Å². The van der Waals surface area contributed by atoms with Crippen molar-refractivity contribution in [3.63, 3.8) is 0 Å². The van der Waals surface area contributed by atoms with Gasteiger partial charge in [-0.25, -0.2) is 13.1 Å². The van der Waals surface area contributed by atoms with E-state index in [9.17, 15) is 37.2 Å². The first-order valence-corrected chi connectivity index (χ1v) is 45.4. The number of nitriles is 3. The van der Waals surface area contributed by atoms with Crippen LogP contribution in [0, 0.1) is 72.3 Å². The molecule has 122 heavy (non-hydrogen) atoms. The minimum Gasteiger partial charge on any atom is -0.380 e. The monoisotopic (exact) mass is 1740 g/mol. The molecular formula is C88H171N25O8S. The Bertz CT molecular complexity index is 3870. The summed E-state index contributed by atoms with van der Waals surface area (Å²) in [5, 5.41) is 66.6. The number of anilines is 6. The van der Waals surface area contributed by atoms with Crippen LogP contribution in [0.2, 0.25) is 0 Å². The number of aliphatic imine (C=N–C) groups is 3. The Hall–Kier alpha value is -8.01. The molecule has 3 aromatic rings. The summed E-state index contributed by atoms with van der Waals surface area (Å²) in [5.41, 5.74) is 13.0. The molecule has 0 atom stereocenters. The van der Waals surface area contributed by atoms with Crippen molar-refractivity contribution < 1.29 is 8.42 Å². The minimum absolute atomic E-state index is 0.0860. The smallest absolute Gasteiger partial charge is 0.253 e. The Morgan fingerprint density at radius 1 is 0.352 bits per heavy atom. The molecule has 0 saturated heterocycles. The van der Waals surface area contributed by atoms with Gasteiger partial charge in [0.2, 0.25) is 27.9 Å². The lowest BCUT2D eigenvalue weighted by Gasteiger charge is -2.19. The normalized spacial score (nSPS) is 12.8. The molecule has 1 fully saturated rings.